The standard InChI is InChI=1S/C10H19N3O3/c1-11-10(16)12-9(15)6-13(2)5-7-3-8(14)4-7/h7-8,14H,3-6H2,1-2H3,(H2,11,12,15,16). The fraction of sp³-hybridized carbons (Fsp3) is 0.800. The van der Waals surface area contributed by atoms with Crippen LogP contribution in [0.5, 0.6) is 0 Å². The summed E-state index contributed by atoms with van der Waals surface area (Å²) in [6, 6.07) is -0.488. The number of likely N-dealkylation sites (N-methyl/N-ethyl adjacent to an activating group) is 1. The van der Waals surface area contributed by atoms with Gasteiger partial charge in [0.15, 0.2) is 0 Å². The van der Waals surface area contributed by atoms with Gasteiger partial charge in [-0.05, 0) is 25.8 Å². The molecule has 0 aromatic carbocycles. The molecule has 1 rings (SSSR count). The van der Waals surface area contributed by atoms with Crippen molar-refractivity contribution in [1.29, 1.82) is 0 Å². The van der Waals surface area contributed by atoms with E-state index >= 15 is 0 Å². The van der Waals surface area contributed by atoms with Gasteiger partial charge in [-0.3, -0.25) is 15.0 Å². The zero-order valence-corrected chi connectivity index (χ0v) is 9.69. The molecule has 0 aromatic rings. The number of imide groups is 1. The SMILES string of the molecule is CNC(=O)NC(=O)CN(C)CC1CC(O)C1. The lowest BCUT2D eigenvalue weighted by Gasteiger charge is -2.34. The maximum absolute atomic E-state index is 11.3. The van der Waals surface area contributed by atoms with E-state index in [0.29, 0.717) is 5.92 Å². The molecule has 0 radical (unpaired) electrons. The first-order valence-corrected chi connectivity index (χ1v) is 5.39. The molecule has 0 unspecified atom stereocenters. The van der Waals surface area contributed by atoms with Crippen LogP contribution in [-0.4, -0.2) is 55.2 Å². The topological polar surface area (TPSA) is 81.7 Å². The van der Waals surface area contributed by atoms with Gasteiger partial charge in [-0.1, -0.05) is 0 Å². The van der Waals surface area contributed by atoms with Gasteiger partial charge in [0.05, 0.1) is 12.6 Å². The van der Waals surface area contributed by atoms with Crippen molar-refractivity contribution in [2.24, 2.45) is 5.92 Å². The third kappa shape index (κ3) is 4.16. The summed E-state index contributed by atoms with van der Waals surface area (Å²) < 4.78 is 0. The predicted octanol–water partition coefficient (Wildman–Crippen LogP) is -0.855. The molecule has 3 amide bonds. The number of carbonyl (C=O) groups excluding carboxylic acids is 2. The van der Waals surface area contributed by atoms with E-state index in [9.17, 15) is 9.59 Å². The van der Waals surface area contributed by atoms with E-state index in [1.54, 1.807) is 0 Å². The van der Waals surface area contributed by atoms with Crippen LogP contribution in [-0.2, 0) is 4.79 Å². The molecule has 0 spiro atoms. The molecule has 0 heterocycles. The summed E-state index contributed by atoms with van der Waals surface area (Å²) in [6.07, 6.45) is 1.45. The van der Waals surface area contributed by atoms with E-state index in [1.807, 2.05) is 11.9 Å². The number of rotatable bonds is 4. The van der Waals surface area contributed by atoms with E-state index in [2.05, 4.69) is 10.6 Å². The Morgan fingerprint density at radius 2 is 2.06 bits per heavy atom. The first kappa shape index (κ1) is 12.9. The van der Waals surface area contributed by atoms with Crippen LogP contribution in [0.25, 0.3) is 0 Å². The highest BCUT2D eigenvalue weighted by molar-refractivity contribution is 5.95. The normalized spacial score (nSPS) is 23.8. The minimum atomic E-state index is -0.488. The van der Waals surface area contributed by atoms with Gasteiger partial charge in [0.1, 0.15) is 0 Å². The zero-order valence-electron chi connectivity index (χ0n) is 9.69. The van der Waals surface area contributed by atoms with Crippen molar-refractivity contribution in [3.8, 4) is 0 Å². The summed E-state index contributed by atoms with van der Waals surface area (Å²) in [5.41, 5.74) is 0. The van der Waals surface area contributed by atoms with E-state index < -0.39 is 6.03 Å². The number of hydrogen-bond acceptors (Lipinski definition) is 4. The molecule has 0 saturated heterocycles. The molecule has 16 heavy (non-hydrogen) atoms. The molecule has 1 saturated carbocycles. The maximum atomic E-state index is 11.3. The molecule has 1 fully saturated rings. The summed E-state index contributed by atoms with van der Waals surface area (Å²) in [5, 5.41) is 13.6. The van der Waals surface area contributed by atoms with Crippen LogP contribution in [0.4, 0.5) is 4.79 Å². The smallest absolute Gasteiger partial charge is 0.321 e. The monoisotopic (exact) mass is 229 g/mol. The number of carbonyl (C=O) groups is 2. The van der Waals surface area contributed by atoms with E-state index in [-0.39, 0.29) is 18.6 Å². The fourth-order valence-electron chi connectivity index (χ4n) is 1.83. The Labute approximate surface area is 95.0 Å². The summed E-state index contributed by atoms with van der Waals surface area (Å²) in [6.45, 7) is 0.970. The van der Waals surface area contributed by atoms with Gasteiger partial charge in [0.2, 0.25) is 5.91 Å². The van der Waals surface area contributed by atoms with Crippen LogP contribution in [0, 0.1) is 5.92 Å². The summed E-state index contributed by atoms with van der Waals surface area (Å²) in [5.74, 6) is 0.148. The molecular weight excluding hydrogens is 210 g/mol. The summed E-state index contributed by atoms with van der Waals surface area (Å²) >= 11 is 0. The van der Waals surface area contributed by atoms with Crippen molar-refractivity contribution in [1.82, 2.24) is 15.5 Å². The van der Waals surface area contributed by atoms with E-state index in [4.69, 9.17) is 5.11 Å². The molecule has 6 heteroatoms. The Balaban J connectivity index is 2.15. The second-order valence-electron chi connectivity index (χ2n) is 4.32. The maximum Gasteiger partial charge on any atom is 0.321 e. The zero-order chi connectivity index (χ0) is 12.1. The third-order valence-electron chi connectivity index (χ3n) is 2.67. The van der Waals surface area contributed by atoms with Gasteiger partial charge in [-0.2, -0.15) is 0 Å². The number of amides is 3. The first-order chi connectivity index (χ1) is 7.51. The fourth-order valence-corrected chi connectivity index (χ4v) is 1.83. The number of urea groups is 1. The summed E-state index contributed by atoms with van der Waals surface area (Å²) in [7, 11) is 3.29. The highest BCUT2D eigenvalue weighted by atomic mass is 16.3. The lowest BCUT2D eigenvalue weighted by atomic mass is 9.82. The van der Waals surface area contributed by atoms with Crippen molar-refractivity contribution in [2.75, 3.05) is 27.2 Å². The van der Waals surface area contributed by atoms with Gasteiger partial charge < -0.3 is 10.4 Å². The Bertz CT molecular complexity index is 264. The number of aliphatic hydroxyl groups excluding tert-OH is 1. The van der Waals surface area contributed by atoms with Gasteiger partial charge in [-0.25, -0.2) is 4.79 Å². The minimum absolute atomic E-state index is 0.168. The molecule has 0 aromatic heterocycles. The molecule has 1 aliphatic carbocycles. The average molecular weight is 229 g/mol. The Morgan fingerprint density at radius 3 is 2.56 bits per heavy atom. The molecule has 3 N–H and O–H groups in total. The van der Waals surface area contributed by atoms with Crippen LogP contribution < -0.4 is 10.6 Å². The van der Waals surface area contributed by atoms with E-state index in [0.717, 1.165) is 19.4 Å². The first-order valence-electron chi connectivity index (χ1n) is 5.39. The molecule has 6 nitrogen and oxygen atoms in total. The largest absolute Gasteiger partial charge is 0.393 e. The minimum Gasteiger partial charge on any atom is -0.393 e. The molecule has 0 atom stereocenters. The molecule has 1 aliphatic rings. The van der Waals surface area contributed by atoms with Gasteiger partial charge in [0.25, 0.3) is 0 Å². The average Bonchev–Trinajstić information content (AvgIpc) is 2.14. The lowest BCUT2D eigenvalue weighted by Crippen LogP contribution is -2.45. The van der Waals surface area contributed by atoms with Crippen molar-refractivity contribution >= 4 is 11.9 Å². The number of hydrogen-bond donors (Lipinski definition) is 3. The molecular formula is C10H19N3O3. The number of aliphatic hydroxyl groups is 1. The third-order valence-corrected chi connectivity index (χ3v) is 2.67. The second kappa shape index (κ2) is 5.81. The van der Waals surface area contributed by atoms with E-state index in [1.165, 1.54) is 7.05 Å². The van der Waals surface area contributed by atoms with Crippen molar-refractivity contribution in [3.63, 3.8) is 0 Å². The molecule has 92 valence electrons. The van der Waals surface area contributed by atoms with Crippen LogP contribution in [0.1, 0.15) is 12.8 Å². The molecule has 0 aliphatic heterocycles. The Kier molecular flexibility index (Phi) is 4.70. The molecule has 0 bridgehead atoms. The van der Waals surface area contributed by atoms with Crippen molar-refractivity contribution < 1.29 is 14.7 Å². The number of nitrogens with zero attached hydrogens (tertiary/aromatic N) is 1. The Hall–Kier alpha value is -1.14. The lowest BCUT2D eigenvalue weighted by molar-refractivity contribution is -0.121. The highest BCUT2D eigenvalue weighted by Gasteiger charge is 2.28. The van der Waals surface area contributed by atoms with Gasteiger partial charge >= 0.3 is 6.03 Å². The van der Waals surface area contributed by atoms with Crippen molar-refractivity contribution in [3.05, 3.63) is 0 Å². The highest BCUT2D eigenvalue weighted by Crippen LogP contribution is 2.27. The van der Waals surface area contributed by atoms with Crippen LogP contribution in [0.3, 0.4) is 0 Å². The van der Waals surface area contributed by atoms with Crippen LogP contribution in [0.15, 0.2) is 0 Å². The van der Waals surface area contributed by atoms with Crippen molar-refractivity contribution in [2.45, 2.75) is 18.9 Å². The number of nitrogens with one attached hydrogen (secondary N) is 2. The summed E-state index contributed by atoms with van der Waals surface area (Å²) in [4.78, 5) is 24.0. The van der Waals surface area contributed by atoms with Crippen LogP contribution in [0.2, 0.25) is 0 Å². The predicted molar refractivity (Wildman–Crippen MR) is 58.8 cm³/mol. The Morgan fingerprint density at radius 1 is 1.44 bits per heavy atom. The second-order valence-corrected chi connectivity index (χ2v) is 4.32. The van der Waals surface area contributed by atoms with Crippen LogP contribution >= 0.6 is 0 Å². The van der Waals surface area contributed by atoms with Gasteiger partial charge in [0, 0.05) is 13.6 Å². The quantitative estimate of drug-likeness (QED) is 0.586. The van der Waals surface area contributed by atoms with Gasteiger partial charge in [-0.15, -0.1) is 0 Å².